The van der Waals surface area contributed by atoms with Gasteiger partial charge in [0.05, 0.1) is 0 Å². The second-order valence-electron chi connectivity index (χ2n) is 5.40. The first-order chi connectivity index (χ1) is 8.17. The lowest BCUT2D eigenvalue weighted by Crippen LogP contribution is -2.19. The molecule has 2 heteroatoms. The topological polar surface area (TPSA) is 22.0 Å². The van der Waals surface area contributed by atoms with Gasteiger partial charge < -0.3 is 4.57 Å². The summed E-state index contributed by atoms with van der Waals surface area (Å²) in [4.78, 5) is 11.0. The van der Waals surface area contributed by atoms with Crippen LogP contribution in [0.15, 0.2) is 6.07 Å². The maximum absolute atomic E-state index is 11.0. The quantitative estimate of drug-likeness (QED) is 0.722. The molecular weight excluding hydrogens is 210 g/mol. The summed E-state index contributed by atoms with van der Waals surface area (Å²) in [6, 6.07) is 2.64. The Bertz CT molecular complexity index is 397. The standard InChI is InChI=1S/C15H23NO/c1-4-13-5-7-15(8-6-13)16-11(2)9-14(10-17)12(16)3/h9-10,13,15H,4-8H2,1-3H3. The minimum absolute atomic E-state index is 0.617. The van der Waals surface area contributed by atoms with Crippen molar-refractivity contribution in [2.75, 3.05) is 0 Å². The number of rotatable bonds is 3. The zero-order chi connectivity index (χ0) is 12.4. The maximum atomic E-state index is 11.0. The van der Waals surface area contributed by atoms with E-state index in [1.807, 2.05) is 6.07 Å². The highest BCUT2D eigenvalue weighted by molar-refractivity contribution is 5.77. The van der Waals surface area contributed by atoms with Crippen molar-refractivity contribution in [1.82, 2.24) is 4.57 Å². The van der Waals surface area contributed by atoms with Gasteiger partial charge in [0, 0.05) is 23.0 Å². The zero-order valence-electron chi connectivity index (χ0n) is 11.2. The molecule has 0 N–H and O–H groups in total. The molecule has 0 aliphatic heterocycles. The van der Waals surface area contributed by atoms with Crippen LogP contribution >= 0.6 is 0 Å². The van der Waals surface area contributed by atoms with Crippen molar-refractivity contribution >= 4 is 6.29 Å². The first-order valence-electron chi connectivity index (χ1n) is 6.81. The second kappa shape index (κ2) is 5.07. The molecule has 0 unspecified atom stereocenters. The van der Waals surface area contributed by atoms with Crippen LogP contribution in [-0.4, -0.2) is 10.9 Å². The summed E-state index contributed by atoms with van der Waals surface area (Å²) in [5.74, 6) is 0.924. The lowest BCUT2D eigenvalue weighted by Gasteiger charge is -2.31. The van der Waals surface area contributed by atoms with Crippen molar-refractivity contribution < 1.29 is 4.79 Å². The number of carbonyl (C=O) groups is 1. The fourth-order valence-electron chi connectivity index (χ4n) is 3.30. The van der Waals surface area contributed by atoms with E-state index in [1.165, 1.54) is 37.8 Å². The van der Waals surface area contributed by atoms with Crippen LogP contribution in [-0.2, 0) is 0 Å². The molecule has 2 nitrogen and oxygen atoms in total. The summed E-state index contributed by atoms with van der Waals surface area (Å²) >= 11 is 0. The molecule has 0 bridgehead atoms. The summed E-state index contributed by atoms with van der Waals surface area (Å²) in [7, 11) is 0. The Balaban J connectivity index is 2.18. The molecule has 0 amide bonds. The number of aldehydes is 1. The van der Waals surface area contributed by atoms with Crippen LogP contribution in [0, 0.1) is 19.8 Å². The van der Waals surface area contributed by atoms with Crippen molar-refractivity contribution in [3.8, 4) is 0 Å². The Morgan fingerprint density at radius 3 is 2.41 bits per heavy atom. The van der Waals surface area contributed by atoms with Crippen LogP contribution in [0.4, 0.5) is 0 Å². The molecule has 1 saturated carbocycles. The van der Waals surface area contributed by atoms with E-state index in [4.69, 9.17) is 0 Å². The number of carbonyl (C=O) groups excluding carboxylic acids is 1. The molecule has 1 aliphatic carbocycles. The van der Waals surface area contributed by atoms with E-state index in [9.17, 15) is 4.79 Å². The first-order valence-corrected chi connectivity index (χ1v) is 6.81. The molecule has 0 aromatic carbocycles. The smallest absolute Gasteiger partial charge is 0.151 e. The van der Waals surface area contributed by atoms with E-state index >= 15 is 0 Å². The number of hydrogen-bond acceptors (Lipinski definition) is 1. The molecule has 1 aromatic rings. The second-order valence-corrected chi connectivity index (χ2v) is 5.40. The van der Waals surface area contributed by atoms with E-state index in [0.717, 1.165) is 23.5 Å². The van der Waals surface area contributed by atoms with Gasteiger partial charge in [-0.1, -0.05) is 13.3 Å². The summed E-state index contributed by atoms with van der Waals surface area (Å²) < 4.78 is 2.38. The van der Waals surface area contributed by atoms with Crippen LogP contribution in [0.2, 0.25) is 0 Å². The van der Waals surface area contributed by atoms with Gasteiger partial charge in [0.25, 0.3) is 0 Å². The molecule has 94 valence electrons. The third-order valence-corrected chi connectivity index (χ3v) is 4.41. The highest BCUT2D eigenvalue weighted by Gasteiger charge is 2.23. The summed E-state index contributed by atoms with van der Waals surface area (Å²) in [6.07, 6.45) is 7.52. The van der Waals surface area contributed by atoms with Gasteiger partial charge in [-0.15, -0.1) is 0 Å². The minimum atomic E-state index is 0.617. The van der Waals surface area contributed by atoms with Crippen LogP contribution in [0.1, 0.15) is 66.8 Å². The molecule has 2 rings (SSSR count). The van der Waals surface area contributed by atoms with E-state index in [2.05, 4.69) is 25.3 Å². The van der Waals surface area contributed by atoms with Crippen molar-refractivity contribution in [1.29, 1.82) is 0 Å². The normalized spacial score (nSPS) is 24.9. The number of nitrogens with zero attached hydrogens (tertiary/aromatic N) is 1. The van der Waals surface area contributed by atoms with Gasteiger partial charge >= 0.3 is 0 Å². The minimum Gasteiger partial charge on any atom is -0.345 e. The fourth-order valence-corrected chi connectivity index (χ4v) is 3.30. The predicted octanol–water partition coefficient (Wildman–Crippen LogP) is 4.06. The molecule has 0 spiro atoms. The Hall–Kier alpha value is -1.05. The van der Waals surface area contributed by atoms with Gasteiger partial charge in [-0.2, -0.15) is 0 Å². The highest BCUT2D eigenvalue weighted by atomic mass is 16.1. The third-order valence-electron chi connectivity index (χ3n) is 4.41. The van der Waals surface area contributed by atoms with Crippen LogP contribution in [0.5, 0.6) is 0 Å². The van der Waals surface area contributed by atoms with Crippen molar-refractivity contribution in [2.45, 2.75) is 58.9 Å². The van der Waals surface area contributed by atoms with Gasteiger partial charge in [-0.25, -0.2) is 0 Å². The van der Waals surface area contributed by atoms with E-state index < -0.39 is 0 Å². The molecule has 1 heterocycles. The molecule has 1 fully saturated rings. The molecule has 1 aliphatic rings. The number of aryl methyl sites for hydroxylation is 1. The monoisotopic (exact) mass is 233 g/mol. The van der Waals surface area contributed by atoms with Crippen LogP contribution in [0.3, 0.4) is 0 Å². The van der Waals surface area contributed by atoms with Crippen molar-refractivity contribution in [3.05, 3.63) is 23.0 Å². The van der Waals surface area contributed by atoms with Crippen LogP contribution in [0.25, 0.3) is 0 Å². The molecule has 17 heavy (non-hydrogen) atoms. The fraction of sp³-hybridized carbons (Fsp3) is 0.667. The molecule has 1 aromatic heterocycles. The molecule has 0 atom stereocenters. The number of hydrogen-bond donors (Lipinski definition) is 0. The lowest BCUT2D eigenvalue weighted by molar-refractivity contribution is 0.112. The van der Waals surface area contributed by atoms with E-state index in [-0.39, 0.29) is 0 Å². The molecule has 0 saturated heterocycles. The van der Waals surface area contributed by atoms with Gasteiger partial charge in [-0.05, 0) is 51.5 Å². The Kier molecular flexibility index (Phi) is 3.70. The summed E-state index contributed by atoms with van der Waals surface area (Å²) in [5, 5.41) is 0. The summed E-state index contributed by atoms with van der Waals surface area (Å²) in [5.41, 5.74) is 3.25. The third kappa shape index (κ3) is 2.31. The molecular formula is C15H23NO. The van der Waals surface area contributed by atoms with Gasteiger partial charge in [0.15, 0.2) is 6.29 Å². The number of aromatic nitrogens is 1. The predicted molar refractivity (Wildman–Crippen MR) is 70.6 cm³/mol. The van der Waals surface area contributed by atoms with Crippen molar-refractivity contribution in [2.24, 2.45) is 5.92 Å². The Labute approximate surface area is 104 Å². The highest BCUT2D eigenvalue weighted by Crippen LogP contribution is 2.35. The summed E-state index contributed by atoms with van der Waals surface area (Å²) in [6.45, 7) is 6.48. The molecule has 0 radical (unpaired) electrons. The Morgan fingerprint density at radius 2 is 1.94 bits per heavy atom. The largest absolute Gasteiger partial charge is 0.345 e. The SMILES string of the molecule is CCC1CCC(n2c(C)cc(C=O)c2C)CC1. The lowest BCUT2D eigenvalue weighted by atomic mass is 9.84. The Morgan fingerprint density at radius 1 is 1.29 bits per heavy atom. The van der Waals surface area contributed by atoms with E-state index in [0.29, 0.717) is 6.04 Å². The van der Waals surface area contributed by atoms with Gasteiger partial charge in [0.1, 0.15) is 0 Å². The zero-order valence-corrected chi connectivity index (χ0v) is 11.2. The van der Waals surface area contributed by atoms with E-state index in [1.54, 1.807) is 0 Å². The van der Waals surface area contributed by atoms with Crippen LogP contribution < -0.4 is 0 Å². The maximum Gasteiger partial charge on any atom is 0.151 e. The average molecular weight is 233 g/mol. The first kappa shape index (κ1) is 12.4. The average Bonchev–Trinajstić information content (AvgIpc) is 2.64. The van der Waals surface area contributed by atoms with Gasteiger partial charge in [0.2, 0.25) is 0 Å². The van der Waals surface area contributed by atoms with Crippen molar-refractivity contribution in [3.63, 3.8) is 0 Å². The van der Waals surface area contributed by atoms with Gasteiger partial charge in [-0.3, -0.25) is 4.79 Å².